The highest BCUT2D eigenvalue weighted by molar-refractivity contribution is 6.02. The van der Waals surface area contributed by atoms with Crippen molar-refractivity contribution in [2.45, 2.75) is 51.9 Å². The van der Waals surface area contributed by atoms with Crippen LogP contribution in [0.2, 0.25) is 0 Å². The zero-order valence-electron chi connectivity index (χ0n) is 12.9. The molecule has 0 spiro atoms. The van der Waals surface area contributed by atoms with E-state index < -0.39 is 0 Å². The number of amides is 1. The van der Waals surface area contributed by atoms with Crippen molar-refractivity contribution in [3.05, 3.63) is 29.3 Å². The lowest BCUT2D eigenvalue weighted by atomic mass is 9.76. The molecular formula is C18H23NO2. The van der Waals surface area contributed by atoms with Crippen molar-refractivity contribution in [2.24, 2.45) is 5.41 Å². The Morgan fingerprint density at radius 3 is 2.62 bits per heavy atom. The number of aryl methyl sites for hydroxylation is 1. The van der Waals surface area contributed by atoms with Crippen LogP contribution in [0.3, 0.4) is 0 Å². The monoisotopic (exact) mass is 285 g/mol. The Labute approximate surface area is 126 Å². The normalized spacial score (nSPS) is 20.5. The van der Waals surface area contributed by atoms with Crippen molar-refractivity contribution in [1.29, 1.82) is 0 Å². The van der Waals surface area contributed by atoms with E-state index in [1.807, 2.05) is 25.2 Å². The SMILES string of the molecule is CCC1(C(=O)c2ccc3c(c2)CCC(=O)N3C)CCCC1. The highest BCUT2D eigenvalue weighted by Gasteiger charge is 2.39. The minimum atomic E-state index is -0.134. The van der Waals surface area contributed by atoms with Crippen LogP contribution in [0, 0.1) is 5.41 Å². The van der Waals surface area contributed by atoms with E-state index in [9.17, 15) is 9.59 Å². The van der Waals surface area contributed by atoms with Crippen molar-refractivity contribution in [1.82, 2.24) is 0 Å². The van der Waals surface area contributed by atoms with Gasteiger partial charge in [-0.2, -0.15) is 0 Å². The molecule has 3 rings (SSSR count). The number of Topliss-reactive ketones (excluding diaryl/α,β-unsaturated/α-hetero) is 1. The van der Waals surface area contributed by atoms with Gasteiger partial charge < -0.3 is 4.90 Å². The molecule has 0 saturated heterocycles. The van der Waals surface area contributed by atoms with E-state index in [1.54, 1.807) is 4.90 Å². The van der Waals surface area contributed by atoms with Gasteiger partial charge in [0.15, 0.2) is 5.78 Å². The van der Waals surface area contributed by atoms with E-state index in [0.29, 0.717) is 12.2 Å². The number of nitrogens with zero attached hydrogens (tertiary/aromatic N) is 1. The number of carbonyl (C=O) groups is 2. The molecule has 21 heavy (non-hydrogen) atoms. The predicted octanol–water partition coefficient (Wildman–Crippen LogP) is 3.75. The molecule has 1 aliphatic carbocycles. The van der Waals surface area contributed by atoms with Gasteiger partial charge in [-0.3, -0.25) is 9.59 Å². The molecule has 0 radical (unpaired) electrons. The van der Waals surface area contributed by atoms with E-state index in [0.717, 1.165) is 42.5 Å². The summed E-state index contributed by atoms with van der Waals surface area (Å²) in [6.45, 7) is 2.13. The lowest BCUT2D eigenvalue weighted by molar-refractivity contribution is -0.118. The summed E-state index contributed by atoms with van der Waals surface area (Å²) in [5.41, 5.74) is 2.79. The Morgan fingerprint density at radius 1 is 1.24 bits per heavy atom. The zero-order valence-corrected chi connectivity index (χ0v) is 12.9. The molecule has 0 unspecified atom stereocenters. The highest BCUT2D eigenvalue weighted by Crippen LogP contribution is 2.44. The largest absolute Gasteiger partial charge is 0.315 e. The van der Waals surface area contributed by atoms with Crippen molar-refractivity contribution in [2.75, 3.05) is 11.9 Å². The van der Waals surface area contributed by atoms with Crippen molar-refractivity contribution in [3.8, 4) is 0 Å². The number of carbonyl (C=O) groups excluding carboxylic acids is 2. The third kappa shape index (κ3) is 2.29. The average Bonchev–Trinajstić information content (AvgIpc) is 3.00. The van der Waals surface area contributed by atoms with E-state index in [-0.39, 0.29) is 11.3 Å². The van der Waals surface area contributed by atoms with Gasteiger partial charge in [0.25, 0.3) is 0 Å². The van der Waals surface area contributed by atoms with Crippen LogP contribution in [0.1, 0.15) is 61.4 Å². The fraction of sp³-hybridized carbons (Fsp3) is 0.556. The molecule has 3 nitrogen and oxygen atoms in total. The summed E-state index contributed by atoms with van der Waals surface area (Å²) in [5, 5.41) is 0. The molecule has 1 fully saturated rings. The quantitative estimate of drug-likeness (QED) is 0.793. The molecular weight excluding hydrogens is 262 g/mol. The predicted molar refractivity (Wildman–Crippen MR) is 83.7 cm³/mol. The van der Waals surface area contributed by atoms with Crippen molar-refractivity contribution in [3.63, 3.8) is 0 Å². The second kappa shape index (κ2) is 5.28. The highest BCUT2D eigenvalue weighted by atomic mass is 16.2. The Kier molecular flexibility index (Phi) is 3.60. The molecule has 1 saturated carbocycles. The number of hydrogen-bond donors (Lipinski definition) is 0. The van der Waals surface area contributed by atoms with Gasteiger partial charge in [-0.1, -0.05) is 19.8 Å². The lowest BCUT2D eigenvalue weighted by Gasteiger charge is -2.28. The number of benzene rings is 1. The zero-order chi connectivity index (χ0) is 15.0. The molecule has 1 heterocycles. The first-order valence-electron chi connectivity index (χ1n) is 8.02. The van der Waals surface area contributed by atoms with Gasteiger partial charge in [-0.25, -0.2) is 0 Å². The summed E-state index contributed by atoms with van der Waals surface area (Å²) in [6.07, 6.45) is 6.61. The van der Waals surface area contributed by atoms with Crippen LogP contribution in [0.25, 0.3) is 0 Å². The number of rotatable bonds is 3. The van der Waals surface area contributed by atoms with Crippen molar-refractivity contribution < 1.29 is 9.59 Å². The maximum Gasteiger partial charge on any atom is 0.227 e. The van der Waals surface area contributed by atoms with E-state index in [2.05, 4.69) is 6.92 Å². The summed E-state index contributed by atoms with van der Waals surface area (Å²) < 4.78 is 0. The third-order valence-corrected chi connectivity index (χ3v) is 5.40. The van der Waals surface area contributed by atoms with Crippen LogP contribution in [0.15, 0.2) is 18.2 Å². The Bertz CT molecular complexity index is 585. The maximum absolute atomic E-state index is 13.0. The second-order valence-corrected chi connectivity index (χ2v) is 6.47. The molecule has 1 aliphatic heterocycles. The Hall–Kier alpha value is -1.64. The molecule has 1 aromatic rings. The standard InChI is InChI=1S/C18H23NO2/c1-3-18(10-4-5-11-18)17(21)14-6-8-15-13(12-14)7-9-16(20)19(15)2/h6,8,12H,3-5,7,9-11H2,1-2H3. The minimum Gasteiger partial charge on any atom is -0.315 e. The topological polar surface area (TPSA) is 37.4 Å². The number of anilines is 1. The van der Waals surface area contributed by atoms with E-state index in [1.165, 1.54) is 12.8 Å². The van der Waals surface area contributed by atoms with Gasteiger partial charge >= 0.3 is 0 Å². The van der Waals surface area contributed by atoms with Crippen LogP contribution in [-0.2, 0) is 11.2 Å². The van der Waals surface area contributed by atoms with Crippen LogP contribution < -0.4 is 4.90 Å². The Balaban J connectivity index is 1.94. The maximum atomic E-state index is 13.0. The number of ketones is 1. The molecule has 2 aliphatic rings. The molecule has 3 heteroatoms. The second-order valence-electron chi connectivity index (χ2n) is 6.47. The summed E-state index contributed by atoms with van der Waals surface area (Å²) in [7, 11) is 1.81. The summed E-state index contributed by atoms with van der Waals surface area (Å²) in [6, 6.07) is 5.88. The van der Waals surface area contributed by atoms with Gasteiger partial charge in [0.2, 0.25) is 5.91 Å². The number of hydrogen-bond acceptors (Lipinski definition) is 2. The van der Waals surface area contributed by atoms with Crippen molar-refractivity contribution >= 4 is 17.4 Å². The molecule has 0 N–H and O–H groups in total. The summed E-state index contributed by atoms with van der Waals surface area (Å²) >= 11 is 0. The average molecular weight is 285 g/mol. The van der Waals surface area contributed by atoms with Crippen LogP contribution in [-0.4, -0.2) is 18.7 Å². The molecule has 0 bridgehead atoms. The van der Waals surface area contributed by atoms with E-state index in [4.69, 9.17) is 0 Å². The molecule has 0 atom stereocenters. The smallest absolute Gasteiger partial charge is 0.227 e. The molecule has 1 amide bonds. The van der Waals surface area contributed by atoms with Gasteiger partial charge in [0.05, 0.1) is 0 Å². The third-order valence-electron chi connectivity index (χ3n) is 5.40. The van der Waals surface area contributed by atoms with Crippen LogP contribution in [0.4, 0.5) is 5.69 Å². The van der Waals surface area contributed by atoms with Gasteiger partial charge in [-0.05, 0) is 49.4 Å². The summed E-state index contributed by atoms with van der Waals surface area (Å²) in [4.78, 5) is 26.4. The minimum absolute atomic E-state index is 0.134. The first-order chi connectivity index (χ1) is 10.1. The summed E-state index contributed by atoms with van der Waals surface area (Å²) in [5.74, 6) is 0.465. The molecule has 1 aromatic carbocycles. The first-order valence-corrected chi connectivity index (χ1v) is 8.02. The van der Waals surface area contributed by atoms with Gasteiger partial charge in [0, 0.05) is 30.1 Å². The fourth-order valence-corrected chi connectivity index (χ4v) is 3.90. The Morgan fingerprint density at radius 2 is 1.95 bits per heavy atom. The van der Waals surface area contributed by atoms with Gasteiger partial charge in [0.1, 0.15) is 0 Å². The van der Waals surface area contributed by atoms with E-state index >= 15 is 0 Å². The first kappa shape index (κ1) is 14.3. The number of fused-ring (bicyclic) bond motifs is 1. The fourth-order valence-electron chi connectivity index (χ4n) is 3.90. The molecule has 112 valence electrons. The molecule has 0 aromatic heterocycles. The lowest BCUT2D eigenvalue weighted by Crippen LogP contribution is -2.32. The van der Waals surface area contributed by atoms with Crippen LogP contribution >= 0.6 is 0 Å². The van der Waals surface area contributed by atoms with Gasteiger partial charge in [-0.15, -0.1) is 0 Å². The van der Waals surface area contributed by atoms with Crippen LogP contribution in [0.5, 0.6) is 0 Å².